The van der Waals surface area contributed by atoms with Crippen molar-refractivity contribution < 1.29 is 39.8 Å². The molecule has 1 aliphatic rings. The highest BCUT2D eigenvalue weighted by atomic mass is 16.7. The van der Waals surface area contributed by atoms with Crippen molar-refractivity contribution in [2.75, 3.05) is 13.2 Å². The van der Waals surface area contributed by atoms with Crippen LogP contribution in [-0.2, 0) is 14.3 Å². The van der Waals surface area contributed by atoms with Crippen LogP contribution in [0.15, 0.2) is 12.2 Å². The highest BCUT2D eigenvalue weighted by Crippen LogP contribution is 2.23. The Labute approximate surface area is 401 Å². The lowest BCUT2D eigenvalue weighted by Crippen LogP contribution is -2.60. The highest BCUT2D eigenvalue weighted by molar-refractivity contribution is 5.76. The lowest BCUT2D eigenvalue weighted by Gasteiger charge is -2.40. The van der Waals surface area contributed by atoms with E-state index in [0.29, 0.717) is 12.8 Å². The fraction of sp³-hybridized carbons (Fsp3) is 0.946. The fourth-order valence-corrected chi connectivity index (χ4v) is 9.34. The molecule has 9 nitrogen and oxygen atoms in total. The number of carbonyl (C=O) groups excluding carboxylic acids is 1. The standard InChI is InChI=1S/C56H109NO8/c1-3-5-7-9-11-13-15-17-18-19-20-21-22-23-24-25-26-27-28-29-30-31-32-33-34-36-38-40-42-44-46-52(60)57-49(48-64-56-55(63)54(62)53(61)51(47-58)65-56)50(59)45-43-41-39-37-35-16-14-12-10-8-6-4-2/h23-24,49-51,53-56,58-59,61-63H,3-22,25-48H2,1-2H3,(H,57,60)/b24-23-. The van der Waals surface area contributed by atoms with Crippen molar-refractivity contribution in [3.05, 3.63) is 12.2 Å². The predicted octanol–water partition coefficient (Wildman–Crippen LogP) is 13.6. The Morgan fingerprint density at radius 3 is 1.25 bits per heavy atom. The summed E-state index contributed by atoms with van der Waals surface area (Å²) in [6, 6.07) is -0.714. The molecule has 0 aliphatic carbocycles. The Morgan fingerprint density at radius 2 is 0.862 bits per heavy atom. The number of unbranched alkanes of at least 4 members (excludes halogenated alkanes) is 37. The third-order valence-corrected chi connectivity index (χ3v) is 13.9. The summed E-state index contributed by atoms with van der Waals surface area (Å²) in [6.07, 6.45) is 49.7. The summed E-state index contributed by atoms with van der Waals surface area (Å²) in [7, 11) is 0. The zero-order valence-corrected chi connectivity index (χ0v) is 42.8. The van der Waals surface area contributed by atoms with Gasteiger partial charge >= 0.3 is 0 Å². The van der Waals surface area contributed by atoms with Gasteiger partial charge in [-0.1, -0.05) is 251 Å². The van der Waals surface area contributed by atoms with Crippen molar-refractivity contribution in [1.29, 1.82) is 0 Å². The smallest absolute Gasteiger partial charge is 0.220 e. The van der Waals surface area contributed by atoms with Crippen LogP contribution in [-0.4, -0.2) is 87.5 Å². The molecule has 386 valence electrons. The molecule has 1 saturated heterocycles. The monoisotopic (exact) mass is 924 g/mol. The summed E-state index contributed by atoms with van der Waals surface area (Å²) in [6.45, 7) is 3.86. The molecule has 1 heterocycles. The molecular weight excluding hydrogens is 815 g/mol. The Morgan fingerprint density at radius 1 is 0.508 bits per heavy atom. The number of hydrogen-bond donors (Lipinski definition) is 6. The van der Waals surface area contributed by atoms with Crippen LogP contribution < -0.4 is 5.32 Å². The largest absolute Gasteiger partial charge is 0.394 e. The van der Waals surface area contributed by atoms with E-state index in [4.69, 9.17) is 9.47 Å². The number of carbonyl (C=O) groups is 1. The van der Waals surface area contributed by atoms with Crippen molar-refractivity contribution in [3.63, 3.8) is 0 Å². The normalized spacial score (nSPS) is 19.9. The molecule has 6 N–H and O–H groups in total. The number of nitrogens with one attached hydrogen (secondary N) is 1. The molecule has 0 bridgehead atoms. The first kappa shape index (κ1) is 61.9. The van der Waals surface area contributed by atoms with Crippen LogP contribution in [0.5, 0.6) is 0 Å². The fourth-order valence-electron chi connectivity index (χ4n) is 9.34. The van der Waals surface area contributed by atoms with Gasteiger partial charge < -0.3 is 40.3 Å². The van der Waals surface area contributed by atoms with Crippen LogP contribution in [0.3, 0.4) is 0 Å². The number of amides is 1. The van der Waals surface area contributed by atoms with E-state index in [9.17, 15) is 30.3 Å². The quantitative estimate of drug-likeness (QED) is 0.0261. The van der Waals surface area contributed by atoms with Gasteiger partial charge in [0.1, 0.15) is 24.4 Å². The molecule has 0 aromatic carbocycles. The summed E-state index contributed by atoms with van der Waals surface area (Å²) in [5.74, 6) is -0.141. The minimum atomic E-state index is -1.55. The lowest BCUT2D eigenvalue weighted by molar-refractivity contribution is -0.302. The number of aliphatic hydroxyl groups excluding tert-OH is 5. The summed E-state index contributed by atoms with van der Waals surface area (Å²) >= 11 is 0. The minimum absolute atomic E-state index is 0.134. The summed E-state index contributed by atoms with van der Waals surface area (Å²) < 4.78 is 11.3. The van der Waals surface area contributed by atoms with Gasteiger partial charge in [0, 0.05) is 6.42 Å². The molecule has 0 aromatic heterocycles. The summed E-state index contributed by atoms with van der Waals surface area (Å²) in [4.78, 5) is 13.0. The van der Waals surface area contributed by atoms with E-state index in [2.05, 4.69) is 31.3 Å². The minimum Gasteiger partial charge on any atom is -0.394 e. The van der Waals surface area contributed by atoms with Crippen molar-refractivity contribution in [3.8, 4) is 0 Å². The molecule has 0 aromatic rings. The van der Waals surface area contributed by atoms with Gasteiger partial charge in [-0.2, -0.15) is 0 Å². The molecule has 1 amide bonds. The third kappa shape index (κ3) is 36.6. The van der Waals surface area contributed by atoms with Gasteiger partial charge in [0.25, 0.3) is 0 Å². The van der Waals surface area contributed by atoms with Crippen molar-refractivity contribution in [2.45, 2.75) is 326 Å². The second kappa shape index (κ2) is 46.6. The van der Waals surface area contributed by atoms with Crippen LogP contribution in [0.4, 0.5) is 0 Å². The van der Waals surface area contributed by atoms with Gasteiger partial charge in [0.05, 0.1) is 25.4 Å². The van der Waals surface area contributed by atoms with Gasteiger partial charge in [0.15, 0.2) is 6.29 Å². The zero-order valence-electron chi connectivity index (χ0n) is 42.8. The molecule has 7 unspecified atom stereocenters. The van der Waals surface area contributed by atoms with Crippen LogP contribution >= 0.6 is 0 Å². The van der Waals surface area contributed by atoms with Crippen molar-refractivity contribution >= 4 is 5.91 Å². The van der Waals surface area contributed by atoms with Gasteiger partial charge in [-0.3, -0.25) is 4.79 Å². The summed E-state index contributed by atoms with van der Waals surface area (Å²) in [5.41, 5.74) is 0. The lowest BCUT2D eigenvalue weighted by atomic mass is 9.99. The van der Waals surface area contributed by atoms with Gasteiger partial charge in [-0.15, -0.1) is 0 Å². The average molecular weight is 924 g/mol. The van der Waals surface area contributed by atoms with Crippen LogP contribution in [0.1, 0.15) is 284 Å². The van der Waals surface area contributed by atoms with Gasteiger partial charge in [-0.25, -0.2) is 0 Å². The Hall–Kier alpha value is -1.07. The topological polar surface area (TPSA) is 149 Å². The molecule has 65 heavy (non-hydrogen) atoms. The Balaban J connectivity index is 2.11. The third-order valence-electron chi connectivity index (χ3n) is 13.9. The number of ether oxygens (including phenoxy) is 2. The molecule has 0 radical (unpaired) electrons. The molecule has 1 rings (SSSR count). The number of allylic oxidation sites excluding steroid dienone is 2. The summed E-state index contributed by atoms with van der Waals surface area (Å²) in [5, 5.41) is 54.5. The van der Waals surface area contributed by atoms with E-state index in [0.717, 1.165) is 38.5 Å². The number of rotatable bonds is 49. The molecule has 0 saturated carbocycles. The first-order valence-electron chi connectivity index (χ1n) is 28.4. The van der Waals surface area contributed by atoms with E-state index >= 15 is 0 Å². The maximum atomic E-state index is 13.0. The SMILES string of the molecule is CCCCCCCCCCCCCC/C=C\CCCCCCCCCCCCCCCCC(=O)NC(COC1OC(CO)C(O)C(O)C1O)C(O)CCCCCCCCCCCCCC. The van der Waals surface area contributed by atoms with E-state index in [-0.39, 0.29) is 12.5 Å². The second-order valence-electron chi connectivity index (χ2n) is 20.1. The molecule has 1 aliphatic heterocycles. The molecular formula is C56H109NO8. The van der Waals surface area contributed by atoms with Crippen LogP contribution in [0.2, 0.25) is 0 Å². The zero-order chi connectivity index (χ0) is 47.3. The van der Waals surface area contributed by atoms with E-state index in [1.54, 1.807) is 0 Å². The first-order chi connectivity index (χ1) is 31.8. The molecule has 7 atom stereocenters. The highest BCUT2D eigenvalue weighted by Gasteiger charge is 2.44. The van der Waals surface area contributed by atoms with Crippen LogP contribution in [0, 0.1) is 0 Å². The molecule has 0 spiro atoms. The van der Waals surface area contributed by atoms with Crippen LogP contribution in [0.25, 0.3) is 0 Å². The average Bonchev–Trinajstić information content (AvgIpc) is 3.31. The Bertz CT molecular complexity index is 1030. The number of hydrogen-bond acceptors (Lipinski definition) is 8. The Kier molecular flexibility index (Phi) is 44.5. The molecule has 9 heteroatoms. The second-order valence-corrected chi connectivity index (χ2v) is 20.1. The number of aliphatic hydroxyl groups is 5. The van der Waals surface area contributed by atoms with E-state index in [1.165, 1.54) is 218 Å². The van der Waals surface area contributed by atoms with Gasteiger partial charge in [0.2, 0.25) is 5.91 Å². The van der Waals surface area contributed by atoms with Gasteiger partial charge in [-0.05, 0) is 38.5 Å². The maximum absolute atomic E-state index is 13.0. The van der Waals surface area contributed by atoms with Crippen molar-refractivity contribution in [2.24, 2.45) is 0 Å². The first-order valence-corrected chi connectivity index (χ1v) is 28.4. The van der Waals surface area contributed by atoms with E-state index < -0.39 is 49.5 Å². The predicted molar refractivity (Wildman–Crippen MR) is 272 cm³/mol. The van der Waals surface area contributed by atoms with Crippen molar-refractivity contribution in [1.82, 2.24) is 5.32 Å². The van der Waals surface area contributed by atoms with E-state index in [1.807, 2.05) is 0 Å². The maximum Gasteiger partial charge on any atom is 0.220 e. The molecule has 1 fully saturated rings.